The van der Waals surface area contributed by atoms with Crippen LogP contribution in [-0.2, 0) is 16.1 Å². The summed E-state index contributed by atoms with van der Waals surface area (Å²) < 4.78 is 12.5. The molecule has 1 amide bonds. The minimum absolute atomic E-state index is 0.0737. The number of hydrogen-bond donors (Lipinski definition) is 1. The van der Waals surface area contributed by atoms with E-state index in [1.165, 1.54) is 11.0 Å². The highest BCUT2D eigenvalue weighted by Gasteiger charge is 2.15. The summed E-state index contributed by atoms with van der Waals surface area (Å²) in [4.78, 5) is 11.8. The Kier molecular flexibility index (Phi) is 4.59. The fourth-order valence-corrected chi connectivity index (χ4v) is 2.20. The summed E-state index contributed by atoms with van der Waals surface area (Å²) >= 11 is 0. The number of amides is 1. The van der Waals surface area contributed by atoms with Crippen LogP contribution in [0.25, 0.3) is 0 Å². The van der Waals surface area contributed by atoms with Crippen molar-refractivity contribution in [2.75, 3.05) is 18.5 Å². The van der Waals surface area contributed by atoms with E-state index in [9.17, 15) is 4.79 Å². The lowest BCUT2D eigenvalue weighted by atomic mass is 10.2. The van der Waals surface area contributed by atoms with Crippen LogP contribution in [0.3, 0.4) is 0 Å². The van der Waals surface area contributed by atoms with Gasteiger partial charge in [0.15, 0.2) is 0 Å². The molecule has 1 N–H and O–H groups in total. The standard InChI is InChI=1S/C14H17N5O3/c20-14(8-19-10-15-17-18-19)16-11-3-5-12(6-4-11)22-9-13-2-1-7-21-13/h3-6,10,13H,1-2,7-9H2,(H,16,20). The summed E-state index contributed by atoms with van der Waals surface area (Å²) in [6.07, 6.45) is 3.73. The lowest BCUT2D eigenvalue weighted by Crippen LogP contribution is -2.19. The zero-order valence-corrected chi connectivity index (χ0v) is 12.0. The number of anilines is 1. The van der Waals surface area contributed by atoms with Gasteiger partial charge in [0.25, 0.3) is 0 Å². The third-order valence-electron chi connectivity index (χ3n) is 3.30. The quantitative estimate of drug-likeness (QED) is 0.851. The average Bonchev–Trinajstić information content (AvgIpc) is 3.20. The van der Waals surface area contributed by atoms with E-state index in [1.54, 1.807) is 12.1 Å². The Morgan fingerprint density at radius 1 is 1.41 bits per heavy atom. The van der Waals surface area contributed by atoms with Crippen molar-refractivity contribution in [3.63, 3.8) is 0 Å². The Morgan fingerprint density at radius 2 is 2.27 bits per heavy atom. The van der Waals surface area contributed by atoms with Crippen LogP contribution in [0.2, 0.25) is 0 Å². The van der Waals surface area contributed by atoms with Gasteiger partial charge in [-0.3, -0.25) is 4.79 Å². The lowest BCUT2D eigenvalue weighted by molar-refractivity contribution is -0.116. The van der Waals surface area contributed by atoms with E-state index in [4.69, 9.17) is 9.47 Å². The molecule has 2 heterocycles. The molecule has 1 aromatic carbocycles. The first-order valence-electron chi connectivity index (χ1n) is 7.15. The number of carbonyl (C=O) groups excluding carboxylic acids is 1. The largest absolute Gasteiger partial charge is 0.491 e. The van der Waals surface area contributed by atoms with Gasteiger partial charge < -0.3 is 14.8 Å². The molecule has 1 fully saturated rings. The molecule has 1 unspecified atom stereocenters. The molecule has 0 spiro atoms. The minimum atomic E-state index is -0.194. The van der Waals surface area contributed by atoms with Gasteiger partial charge in [-0.15, -0.1) is 5.10 Å². The molecule has 2 aromatic rings. The maximum absolute atomic E-state index is 11.8. The predicted molar refractivity (Wildman–Crippen MR) is 77.4 cm³/mol. The Bertz CT molecular complexity index is 593. The topological polar surface area (TPSA) is 91.2 Å². The normalized spacial score (nSPS) is 17.4. The number of carbonyl (C=O) groups is 1. The van der Waals surface area contributed by atoms with E-state index in [-0.39, 0.29) is 18.6 Å². The molecule has 3 rings (SSSR count). The highest BCUT2D eigenvalue weighted by molar-refractivity contribution is 5.90. The fraction of sp³-hybridized carbons (Fsp3) is 0.429. The van der Waals surface area contributed by atoms with Crippen molar-refractivity contribution in [1.29, 1.82) is 0 Å². The SMILES string of the molecule is O=C(Cn1cnnn1)Nc1ccc(OCC2CCCO2)cc1. The Labute approximate surface area is 127 Å². The van der Waals surface area contributed by atoms with E-state index in [0.717, 1.165) is 25.2 Å². The van der Waals surface area contributed by atoms with Crippen molar-refractivity contribution >= 4 is 11.6 Å². The summed E-state index contributed by atoms with van der Waals surface area (Å²) in [5.74, 6) is 0.564. The molecule has 1 atom stereocenters. The second-order valence-electron chi connectivity index (χ2n) is 5.03. The molecular formula is C14H17N5O3. The summed E-state index contributed by atoms with van der Waals surface area (Å²) in [5, 5.41) is 13.4. The Hall–Kier alpha value is -2.48. The van der Waals surface area contributed by atoms with Crippen molar-refractivity contribution in [2.45, 2.75) is 25.5 Å². The minimum Gasteiger partial charge on any atom is -0.491 e. The van der Waals surface area contributed by atoms with Crippen LogP contribution in [0.5, 0.6) is 5.75 Å². The van der Waals surface area contributed by atoms with Gasteiger partial charge in [0.05, 0.1) is 6.10 Å². The van der Waals surface area contributed by atoms with Gasteiger partial charge in [0, 0.05) is 12.3 Å². The molecule has 8 heteroatoms. The second kappa shape index (κ2) is 6.99. The zero-order chi connectivity index (χ0) is 15.2. The van der Waals surface area contributed by atoms with Crippen LogP contribution in [-0.4, -0.2) is 45.4 Å². The maximum Gasteiger partial charge on any atom is 0.246 e. The van der Waals surface area contributed by atoms with Crippen molar-refractivity contribution in [2.24, 2.45) is 0 Å². The van der Waals surface area contributed by atoms with Crippen molar-refractivity contribution < 1.29 is 14.3 Å². The Balaban J connectivity index is 1.47. The number of nitrogens with zero attached hydrogens (tertiary/aromatic N) is 4. The number of benzene rings is 1. The van der Waals surface area contributed by atoms with Crippen molar-refractivity contribution in [3.8, 4) is 5.75 Å². The van der Waals surface area contributed by atoms with E-state index >= 15 is 0 Å². The van der Waals surface area contributed by atoms with E-state index < -0.39 is 0 Å². The maximum atomic E-state index is 11.8. The summed E-state index contributed by atoms with van der Waals surface area (Å²) in [6.45, 7) is 1.45. The second-order valence-corrected chi connectivity index (χ2v) is 5.03. The lowest BCUT2D eigenvalue weighted by Gasteiger charge is -2.12. The first-order valence-corrected chi connectivity index (χ1v) is 7.15. The monoisotopic (exact) mass is 303 g/mol. The molecule has 8 nitrogen and oxygen atoms in total. The van der Waals surface area contributed by atoms with Crippen LogP contribution in [0.15, 0.2) is 30.6 Å². The van der Waals surface area contributed by atoms with Crippen molar-refractivity contribution in [3.05, 3.63) is 30.6 Å². The number of hydrogen-bond acceptors (Lipinski definition) is 6. The predicted octanol–water partition coefficient (Wildman–Crippen LogP) is 0.870. The molecule has 1 aliphatic heterocycles. The number of ether oxygens (including phenoxy) is 2. The molecule has 1 aliphatic rings. The third kappa shape index (κ3) is 4.01. The number of rotatable bonds is 6. The number of tetrazole rings is 1. The first-order chi connectivity index (χ1) is 10.8. The summed E-state index contributed by atoms with van der Waals surface area (Å²) in [6, 6.07) is 7.23. The van der Waals surface area contributed by atoms with Crippen LogP contribution >= 0.6 is 0 Å². The molecule has 0 radical (unpaired) electrons. The van der Waals surface area contributed by atoms with Crippen LogP contribution in [0, 0.1) is 0 Å². The fourth-order valence-electron chi connectivity index (χ4n) is 2.20. The average molecular weight is 303 g/mol. The number of aromatic nitrogens is 4. The van der Waals surface area contributed by atoms with E-state index in [0.29, 0.717) is 12.3 Å². The van der Waals surface area contributed by atoms with Gasteiger partial charge in [-0.05, 0) is 47.5 Å². The highest BCUT2D eigenvalue weighted by Crippen LogP contribution is 2.18. The molecular weight excluding hydrogens is 286 g/mol. The van der Waals surface area contributed by atoms with Gasteiger partial charge in [0.2, 0.25) is 5.91 Å². The molecule has 1 saturated heterocycles. The molecule has 116 valence electrons. The molecule has 0 saturated carbocycles. The zero-order valence-electron chi connectivity index (χ0n) is 12.0. The van der Waals surface area contributed by atoms with Crippen LogP contribution in [0.4, 0.5) is 5.69 Å². The van der Waals surface area contributed by atoms with Gasteiger partial charge in [-0.2, -0.15) is 0 Å². The summed E-state index contributed by atoms with van der Waals surface area (Å²) in [7, 11) is 0. The van der Waals surface area contributed by atoms with E-state index in [2.05, 4.69) is 20.8 Å². The first kappa shape index (κ1) is 14.5. The van der Waals surface area contributed by atoms with Crippen molar-refractivity contribution in [1.82, 2.24) is 20.2 Å². The summed E-state index contributed by atoms with van der Waals surface area (Å²) in [5.41, 5.74) is 0.697. The van der Waals surface area contributed by atoms with Gasteiger partial charge in [-0.25, -0.2) is 4.68 Å². The molecule has 0 bridgehead atoms. The van der Waals surface area contributed by atoms with Crippen LogP contribution in [0.1, 0.15) is 12.8 Å². The van der Waals surface area contributed by atoms with Gasteiger partial charge in [-0.1, -0.05) is 0 Å². The van der Waals surface area contributed by atoms with E-state index in [1.807, 2.05) is 12.1 Å². The number of nitrogens with one attached hydrogen (secondary N) is 1. The molecule has 1 aromatic heterocycles. The smallest absolute Gasteiger partial charge is 0.246 e. The van der Waals surface area contributed by atoms with Crippen LogP contribution < -0.4 is 10.1 Å². The third-order valence-corrected chi connectivity index (χ3v) is 3.30. The molecule has 0 aliphatic carbocycles. The highest BCUT2D eigenvalue weighted by atomic mass is 16.5. The Morgan fingerprint density at radius 3 is 2.95 bits per heavy atom. The molecule has 22 heavy (non-hydrogen) atoms. The van der Waals surface area contributed by atoms with Gasteiger partial charge >= 0.3 is 0 Å². The van der Waals surface area contributed by atoms with Gasteiger partial charge in [0.1, 0.15) is 25.2 Å².